The van der Waals surface area contributed by atoms with Crippen molar-refractivity contribution < 1.29 is 19.1 Å². The minimum atomic E-state index is -0.803. The SMILES string of the molecule is CCOC(=O)C(C)NC(=O)C(NC(=O)C(N=Cc1ccc2ccccc2c1)C(C)C)C(C)CC. The fourth-order valence-corrected chi connectivity index (χ4v) is 3.57. The van der Waals surface area contributed by atoms with Crippen molar-refractivity contribution in [1.29, 1.82) is 0 Å². The Hall–Kier alpha value is -3.22. The first-order valence-corrected chi connectivity index (χ1v) is 12.0. The van der Waals surface area contributed by atoms with Crippen LogP contribution in [-0.4, -0.2) is 48.7 Å². The monoisotopic (exact) mass is 467 g/mol. The molecular formula is C27H37N3O4. The van der Waals surface area contributed by atoms with E-state index in [1.165, 1.54) is 0 Å². The number of esters is 1. The van der Waals surface area contributed by atoms with Crippen molar-refractivity contribution in [1.82, 2.24) is 10.6 Å². The van der Waals surface area contributed by atoms with Crippen LogP contribution < -0.4 is 10.6 Å². The highest BCUT2D eigenvalue weighted by molar-refractivity contribution is 5.94. The molecule has 34 heavy (non-hydrogen) atoms. The summed E-state index contributed by atoms with van der Waals surface area (Å²) in [4.78, 5) is 42.6. The van der Waals surface area contributed by atoms with Gasteiger partial charge in [0.25, 0.3) is 0 Å². The van der Waals surface area contributed by atoms with Crippen molar-refractivity contribution in [2.75, 3.05) is 6.61 Å². The van der Waals surface area contributed by atoms with Gasteiger partial charge < -0.3 is 15.4 Å². The van der Waals surface area contributed by atoms with Crippen molar-refractivity contribution in [2.45, 2.75) is 66.1 Å². The molecule has 2 aromatic carbocycles. The third-order valence-corrected chi connectivity index (χ3v) is 5.85. The summed E-state index contributed by atoms with van der Waals surface area (Å²) in [7, 11) is 0. The highest BCUT2D eigenvalue weighted by Gasteiger charge is 2.31. The first-order valence-electron chi connectivity index (χ1n) is 12.0. The van der Waals surface area contributed by atoms with Crippen molar-refractivity contribution in [3.8, 4) is 0 Å². The Morgan fingerprint density at radius 3 is 2.24 bits per heavy atom. The second-order valence-electron chi connectivity index (χ2n) is 8.93. The van der Waals surface area contributed by atoms with E-state index >= 15 is 0 Å². The van der Waals surface area contributed by atoms with Crippen LogP contribution in [0.1, 0.15) is 53.5 Å². The van der Waals surface area contributed by atoms with Gasteiger partial charge in [0.2, 0.25) is 11.8 Å². The van der Waals surface area contributed by atoms with E-state index in [4.69, 9.17) is 4.74 Å². The zero-order valence-corrected chi connectivity index (χ0v) is 21.0. The third-order valence-electron chi connectivity index (χ3n) is 5.85. The summed E-state index contributed by atoms with van der Waals surface area (Å²) in [6.07, 6.45) is 2.39. The summed E-state index contributed by atoms with van der Waals surface area (Å²) >= 11 is 0. The molecule has 7 heteroatoms. The number of ether oxygens (including phenoxy) is 1. The number of aliphatic imine (C=N–C) groups is 1. The van der Waals surface area contributed by atoms with E-state index in [1.807, 2.05) is 70.2 Å². The molecule has 2 N–H and O–H groups in total. The fourth-order valence-electron chi connectivity index (χ4n) is 3.57. The van der Waals surface area contributed by atoms with Crippen LogP contribution in [-0.2, 0) is 19.1 Å². The maximum Gasteiger partial charge on any atom is 0.328 e. The largest absolute Gasteiger partial charge is 0.464 e. The molecule has 0 saturated heterocycles. The Labute approximate surface area is 202 Å². The van der Waals surface area contributed by atoms with Gasteiger partial charge in [0.05, 0.1) is 6.61 Å². The lowest BCUT2D eigenvalue weighted by atomic mass is 9.96. The summed E-state index contributed by atoms with van der Waals surface area (Å²) in [5.41, 5.74) is 0.900. The first kappa shape index (κ1) is 27.0. The summed E-state index contributed by atoms with van der Waals surface area (Å²) in [5, 5.41) is 7.77. The second-order valence-corrected chi connectivity index (χ2v) is 8.93. The number of benzene rings is 2. The summed E-state index contributed by atoms with van der Waals surface area (Å²) in [5.74, 6) is -1.45. The predicted molar refractivity (Wildman–Crippen MR) is 136 cm³/mol. The number of carbonyl (C=O) groups excluding carboxylic acids is 3. The van der Waals surface area contributed by atoms with E-state index in [2.05, 4.69) is 15.6 Å². The molecular weight excluding hydrogens is 430 g/mol. The Balaban J connectivity index is 2.16. The van der Waals surface area contributed by atoms with Crippen molar-refractivity contribution >= 4 is 34.8 Å². The molecule has 0 aromatic heterocycles. The van der Waals surface area contributed by atoms with Gasteiger partial charge in [-0.05, 0) is 48.1 Å². The molecule has 0 saturated carbocycles. The number of hydrogen-bond acceptors (Lipinski definition) is 5. The summed E-state index contributed by atoms with van der Waals surface area (Å²) in [6.45, 7) is 11.2. The molecule has 0 aliphatic rings. The van der Waals surface area contributed by atoms with Crippen LogP contribution >= 0.6 is 0 Å². The Bertz CT molecular complexity index is 1020. The molecule has 0 heterocycles. The molecule has 0 fully saturated rings. The minimum absolute atomic E-state index is 0.0733. The molecule has 0 radical (unpaired) electrons. The van der Waals surface area contributed by atoms with Crippen molar-refractivity contribution in [2.24, 2.45) is 16.8 Å². The van der Waals surface area contributed by atoms with Crippen LogP contribution in [0.5, 0.6) is 0 Å². The molecule has 4 unspecified atom stereocenters. The highest BCUT2D eigenvalue weighted by Crippen LogP contribution is 2.16. The van der Waals surface area contributed by atoms with Crippen LogP contribution in [0.3, 0.4) is 0 Å². The Morgan fingerprint density at radius 1 is 0.941 bits per heavy atom. The smallest absolute Gasteiger partial charge is 0.328 e. The molecule has 2 rings (SSSR count). The number of rotatable bonds is 11. The van der Waals surface area contributed by atoms with Gasteiger partial charge in [0.1, 0.15) is 18.1 Å². The minimum Gasteiger partial charge on any atom is -0.464 e. The summed E-state index contributed by atoms with van der Waals surface area (Å²) in [6, 6.07) is 11.8. The lowest BCUT2D eigenvalue weighted by Crippen LogP contribution is -2.55. The van der Waals surface area contributed by atoms with Gasteiger partial charge in [0, 0.05) is 6.21 Å². The number of fused-ring (bicyclic) bond motifs is 1. The quantitative estimate of drug-likeness (QED) is 0.387. The van der Waals surface area contributed by atoms with Gasteiger partial charge in [-0.15, -0.1) is 0 Å². The molecule has 0 aliphatic heterocycles. The van der Waals surface area contributed by atoms with E-state index < -0.39 is 30.0 Å². The van der Waals surface area contributed by atoms with Crippen LogP contribution in [0, 0.1) is 11.8 Å². The Kier molecular flexibility index (Phi) is 10.2. The van der Waals surface area contributed by atoms with Gasteiger partial charge in [-0.25, -0.2) is 4.79 Å². The van der Waals surface area contributed by atoms with E-state index in [-0.39, 0.29) is 24.3 Å². The molecule has 0 aliphatic carbocycles. The molecule has 184 valence electrons. The standard InChI is InChI=1S/C27H37N3O4/c1-7-18(5)24(26(32)29-19(6)27(33)34-8-2)30-25(31)23(17(3)4)28-16-20-13-14-21-11-9-10-12-22(21)15-20/h9-19,23-24H,7-8H2,1-6H3,(H,29,32)(H,30,31). The zero-order valence-electron chi connectivity index (χ0n) is 21.0. The molecule has 2 amide bonds. The van der Waals surface area contributed by atoms with Crippen LogP contribution in [0.25, 0.3) is 10.8 Å². The van der Waals surface area contributed by atoms with Gasteiger partial charge in [-0.3, -0.25) is 14.6 Å². The van der Waals surface area contributed by atoms with Crippen LogP contribution in [0.4, 0.5) is 0 Å². The van der Waals surface area contributed by atoms with E-state index in [0.717, 1.165) is 16.3 Å². The lowest BCUT2D eigenvalue weighted by Gasteiger charge is -2.27. The number of nitrogens with zero attached hydrogens (tertiary/aromatic N) is 1. The number of amides is 2. The second kappa shape index (κ2) is 12.9. The molecule has 7 nitrogen and oxygen atoms in total. The Morgan fingerprint density at radius 2 is 1.62 bits per heavy atom. The fraction of sp³-hybridized carbons (Fsp3) is 0.481. The topological polar surface area (TPSA) is 96.9 Å². The van der Waals surface area contributed by atoms with Gasteiger partial charge >= 0.3 is 5.97 Å². The van der Waals surface area contributed by atoms with E-state index in [9.17, 15) is 14.4 Å². The number of nitrogens with one attached hydrogen (secondary N) is 2. The lowest BCUT2D eigenvalue weighted by molar-refractivity contribution is -0.147. The van der Waals surface area contributed by atoms with Crippen molar-refractivity contribution in [3.05, 3.63) is 48.0 Å². The first-order chi connectivity index (χ1) is 16.2. The maximum absolute atomic E-state index is 13.2. The number of carbonyl (C=O) groups is 3. The molecule has 0 bridgehead atoms. The average molecular weight is 468 g/mol. The van der Waals surface area contributed by atoms with Crippen LogP contribution in [0.2, 0.25) is 0 Å². The zero-order chi connectivity index (χ0) is 25.3. The maximum atomic E-state index is 13.2. The molecule has 4 atom stereocenters. The number of hydrogen-bond donors (Lipinski definition) is 2. The van der Waals surface area contributed by atoms with Crippen molar-refractivity contribution in [3.63, 3.8) is 0 Å². The van der Waals surface area contributed by atoms with Crippen LogP contribution in [0.15, 0.2) is 47.5 Å². The molecule has 2 aromatic rings. The van der Waals surface area contributed by atoms with Gasteiger partial charge in [-0.1, -0.05) is 70.5 Å². The average Bonchev–Trinajstić information content (AvgIpc) is 2.81. The van der Waals surface area contributed by atoms with E-state index in [0.29, 0.717) is 6.42 Å². The third kappa shape index (κ3) is 7.40. The molecule has 0 spiro atoms. The van der Waals surface area contributed by atoms with Gasteiger partial charge in [0.15, 0.2) is 0 Å². The van der Waals surface area contributed by atoms with Gasteiger partial charge in [-0.2, -0.15) is 0 Å². The highest BCUT2D eigenvalue weighted by atomic mass is 16.5. The normalized spacial score (nSPS) is 15.0. The predicted octanol–water partition coefficient (Wildman–Crippen LogP) is 3.88. The summed E-state index contributed by atoms with van der Waals surface area (Å²) < 4.78 is 4.96. The van der Waals surface area contributed by atoms with E-state index in [1.54, 1.807) is 20.1 Å².